The molecule has 34 heavy (non-hydrogen) atoms. The number of rotatable bonds is 5. The van der Waals surface area contributed by atoms with Gasteiger partial charge in [0.15, 0.2) is 0 Å². The van der Waals surface area contributed by atoms with Crippen LogP contribution in [-0.2, 0) is 12.8 Å². The van der Waals surface area contributed by atoms with Crippen LogP contribution in [0.1, 0.15) is 63.1 Å². The molecular weight excluding hydrogens is 448 g/mol. The van der Waals surface area contributed by atoms with E-state index in [2.05, 4.69) is 37.3 Å². The molecule has 0 aromatic heterocycles. The third kappa shape index (κ3) is 3.72. The second-order valence-corrected chi connectivity index (χ2v) is 9.50. The van der Waals surface area contributed by atoms with Crippen molar-refractivity contribution >= 4 is 35.7 Å². The zero-order chi connectivity index (χ0) is 24.0. The molecule has 0 fully saturated rings. The number of halogens is 1. The molecule has 2 N–H and O–H groups in total. The lowest BCUT2D eigenvalue weighted by Crippen LogP contribution is -2.26. The fraction of sp³-hybridized carbons (Fsp3) is 0.241. The summed E-state index contributed by atoms with van der Waals surface area (Å²) in [5.41, 5.74) is 3.24. The van der Waals surface area contributed by atoms with E-state index in [-0.39, 0.29) is 23.0 Å². The molecule has 5 heteroatoms. The van der Waals surface area contributed by atoms with Crippen LogP contribution in [0.4, 0.5) is 0 Å². The number of carboxylic acids is 2. The topological polar surface area (TPSA) is 74.6 Å². The number of aromatic carboxylic acids is 2. The van der Waals surface area contributed by atoms with E-state index >= 15 is 0 Å². The van der Waals surface area contributed by atoms with E-state index in [1.54, 1.807) is 0 Å². The van der Waals surface area contributed by atoms with Crippen LogP contribution in [0.3, 0.4) is 0 Å². The molecule has 4 nitrogen and oxygen atoms in total. The predicted molar refractivity (Wildman–Crippen MR) is 133 cm³/mol. The number of fused-ring (bicyclic) bond motifs is 4. The van der Waals surface area contributed by atoms with Gasteiger partial charge in [0.25, 0.3) is 0 Å². The van der Waals surface area contributed by atoms with Crippen LogP contribution >= 0.6 is 11.6 Å². The van der Waals surface area contributed by atoms with Crippen molar-refractivity contribution in [2.24, 2.45) is 5.92 Å². The molecule has 0 radical (unpaired) electrons. The van der Waals surface area contributed by atoms with E-state index < -0.39 is 11.9 Å². The standard InChI is InChI=1S/C29H25ClO4/c1-2-17-15-25-20(5-4-8-26(25)30)21-12-10-18-13-16(9-11-19(18)27(17)21)14-24-22(28(31)32)6-3-7-23(24)29(33)34/h3-8,10,12-13,15-17H,2,9,11,14H2,1H3,(H,31,32)(H,33,34). The van der Waals surface area contributed by atoms with Crippen molar-refractivity contribution in [3.63, 3.8) is 0 Å². The Kier molecular flexibility index (Phi) is 5.78. The van der Waals surface area contributed by atoms with Gasteiger partial charge < -0.3 is 10.2 Å². The normalized spacial score (nSPS) is 18.1. The number of hydrogen-bond donors (Lipinski definition) is 2. The van der Waals surface area contributed by atoms with E-state index in [9.17, 15) is 19.8 Å². The highest BCUT2D eigenvalue weighted by Gasteiger charge is 2.25. The maximum atomic E-state index is 11.8. The summed E-state index contributed by atoms with van der Waals surface area (Å²) < 4.78 is 0. The SMILES string of the molecule is CCC1C=c2c(Cl)cccc2=c2ccc3c(c21)CCC(Cc1c(C(=O)O)cccc1C(=O)O)C=3. The van der Waals surface area contributed by atoms with E-state index in [0.29, 0.717) is 12.0 Å². The van der Waals surface area contributed by atoms with E-state index in [1.807, 2.05) is 12.1 Å². The molecule has 3 aromatic carbocycles. The minimum absolute atomic E-state index is 0.0681. The molecule has 0 saturated carbocycles. The first-order chi connectivity index (χ1) is 16.4. The summed E-state index contributed by atoms with van der Waals surface area (Å²) >= 11 is 6.52. The third-order valence-corrected chi connectivity index (χ3v) is 7.53. The summed E-state index contributed by atoms with van der Waals surface area (Å²) in [7, 11) is 0. The molecule has 2 atom stereocenters. The lowest BCUT2D eigenvalue weighted by Gasteiger charge is -2.26. The summed E-state index contributed by atoms with van der Waals surface area (Å²) in [5.74, 6) is -1.84. The van der Waals surface area contributed by atoms with Crippen LogP contribution in [0.2, 0.25) is 5.02 Å². The number of benzene rings is 3. The number of carbonyl (C=O) groups is 2. The van der Waals surface area contributed by atoms with Crippen LogP contribution in [-0.4, -0.2) is 22.2 Å². The monoisotopic (exact) mass is 472 g/mol. The first-order valence-electron chi connectivity index (χ1n) is 11.6. The summed E-state index contributed by atoms with van der Waals surface area (Å²) in [4.78, 5) is 23.5. The second-order valence-electron chi connectivity index (χ2n) is 9.09. The molecule has 2 aliphatic rings. The molecular formula is C29H25ClO4. The maximum absolute atomic E-state index is 11.8. The minimum atomic E-state index is -1.10. The summed E-state index contributed by atoms with van der Waals surface area (Å²) in [6, 6.07) is 14.8. The fourth-order valence-electron chi connectivity index (χ4n) is 5.62. The molecule has 0 aliphatic heterocycles. The van der Waals surface area contributed by atoms with Gasteiger partial charge in [-0.05, 0) is 87.4 Å². The van der Waals surface area contributed by atoms with Crippen molar-refractivity contribution in [1.82, 2.24) is 0 Å². The smallest absolute Gasteiger partial charge is 0.335 e. The Hall–Kier alpha value is -3.37. The van der Waals surface area contributed by atoms with Gasteiger partial charge in [-0.2, -0.15) is 0 Å². The lowest BCUT2D eigenvalue weighted by molar-refractivity contribution is 0.0695. The Morgan fingerprint density at radius 3 is 2.32 bits per heavy atom. The van der Waals surface area contributed by atoms with Gasteiger partial charge in [0.1, 0.15) is 0 Å². The highest BCUT2D eigenvalue weighted by Crippen LogP contribution is 2.32. The summed E-state index contributed by atoms with van der Waals surface area (Å²) in [5, 5.41) is 24.7. The minimum Gasteiger partial charge on any atom is -0.478 e. The van der Waals surface area contributed by atoms with Crippen molar-refractivity contribution in [2.75, 3.05) is 0 Å². The molecule has 5 rings (SSSR count). The second kappa shape index (κ2) is 8.77. The van der Waals surface area contributed by atoms with Crippen molar-refractivity contribution in [3.8, 4) is 0 Å². The Bertz CT molecular complexity index is 1520. The zero-order valence-corrected chi connectivity index (χ0v) is 19.6. The zero-order valence-electron chi connectivity index (χ0n) is 18.8. The van der Waals surface area contributed by atoms with Crippen LogP contribution < -0.4 is 10.4 Å². The Morgan fingerprint density at radius 2 is 1.65 bits per heavy atom. The van der Waals surface area contributed by atoms with Crippen LogP contribution in [0.25, 0.3) is 12.2 Å². The Labute approximate surface area is 202 Å². The molecule has 3 aromatic rings. The highest BCUT2D eigenvalue weighted by molar-refractivity contribution is 6.30. The van der Waals surface area contributed by atoms with Crippen LogP contribution in [0, 0.1) is 16.4 Å². The summed E-state index contributed by atoms with van der Waals surface area (Å²) in [6.45, 7) is 2.19. The molecule has 0 saturated heterocycles. The van der Waals surface area contributed by atoms with E-state index in [1.165, 1.54) is 39.8 Å². The quantitative estimate of drug-likeness (QED) is 0.554. The van der Waals surface area contributed by atoms with Gasteiger partial charge in [0, 0.05) is 10.9 Å². The van der Waals surface area contributed by atoms with Crippen LogP contribution in [0.5, 0.6) is 0 Å². The Balaban J connectivity index is 1.65. The molecule has 0 amide bonds. The lowest BCUT2D eigenvalue weighted by atomic mass is 9.78. The summed E-state index contributed by atoms with van der Waals surface area (Å²) in [6.07, 6.45) is 7.57. The van der Waals surface area contributed by atoms with Gasteiger partial charge in [0.05, 0.1) is 11.1 Å². The molecule has 0 bridgehead atoms. The molecule has 0 spiro atoms. The molecule has 172 valence electrons. The van der Waals surface area contributed by atoms with Crippen molar-refractivity contribution in [3.05, 3.63) is 102 Å². The van der Waals surface area contributed by atoms with Gasteiger partial charge in [-0.1, -0.05) is 61.0 Å². The van der Waals surface area contributed by atoms with Crippen molar-refractivity contribution in [2.45, 2.75) is 38.5 Å². The molecule has 2 unspecified atom stereocenters. The van der Waals surface area contributed by atoms with E-state index in [0.717, 1.165) is 34.7 Å². The maximum Gasteiger partial charge on any atom is 0.335 e. The van der Waals surface area contributed by atoms with E-state index in [4.69, 9.17) is 11.6 Å². The number of hydrogen-bond acceptors (Lipinski definition) is 2. The van der Waals surface area contributed by atoms with Crippen LogP contribution in [0.15, 0.2) is 48.5 Å². The third-order valence-electron chi connectivity index (χ3n) is 7.20. The largest absolute Gasteiger partial charge is 0.478 e. The van der Waals surface area contributed by atoms with Gasteiger partial charge in [-0.3, -0.25) is 0 Å². The molecule has 2 aliphatic carbocycles. The Morgan fingerprint density at radius 1 is 0.941 bits per heavy atom. The van der Waals surface area contributed by atoms with Gasteiger partial charge in [0.2, 0.25) is 0 Å². The predicted octanol–water partition coefficient (Wildman–Crippen LogP) is 4.90. The number of carboxylic acid groups (broad SMARTS) is 2. The molecule has 0 heterocycles. The van der Waals surface area contributed by atoms with Gasteiger partial charge >= 0.3 is 11.9 Å². The fourth-order valence-corrected chi connectivity index (χ4v) is 5.86. The van der Waals surface area contributed by atoms with Gasteiger partial charge in [-0.15, -0.1) is 0 Å². The van der Waals surface area contributed by atoms with Crippen molar-refractivity contribution in [1.29, 1.82) is 0 Å². The van der Waals surface area contributed by atoms with Crippen molar-refractivity contribution < 1.29 is 19.8 Å². The average Bonchev–Trinajstić information content (AvgIpc) is 2.83. The first-order valence-corrected chi connectivity index (χ1v) is 12.0. The average molecular weight is 473 g/mol. The first kappa shape index (κ1) is 22.4. The highest BCUT2D eigenvalue weighted by atomic mass is 35.5. The van der Waals surface area contributed by atoms with Gasteiger partial charge in [-0.25, -0.2) is 9.59 Å².